The highest BCUT2D eigenvalue weighted by molar-refractivity contribution is 7.46. The van der Waals surface area contributed by atoms with Crippen LogP contribution in [-0.4, -0.2) is 70.9 Å². The Kier molecular flexibility index (Phi) is 10.4. The summed E-state index contributed by atoms with van der Waals surface area (Å²) in [5.74, 6) is -2.70. The van der Waals surface area contributed by atoms with Crippen LogP contribution in [0, 0.1) is 11.6 Å². The van der Waals surface area contributed by atoms with E-state index in [1.807, 2.05) is 0 Å². The van der Waals surface area contributed by atoms with Crippen LogP contribution >= 0.6 is 39.4 Å². The maximum atomic E-state index is 15.3. The van der Waals surface area contributed by atoms with Crippen LogP contribution in [0.25, 0.3) is 20.2 Å². The van der Waals surface area contributed by atoms with E-state index < -0.39 is 52.3 Å². The first-order valence-corrected chi connectivity index (χ1v) is 16.3. The smallest absolute Gasteiger partial charge is 0.197 e. The number of Topliss-reactive ketones (excluding diaryl/α,β-unsaturated/α-hetero) is 2. The topological polar surface area (TPSA) is 152 Å². The standard InChI is InChI=1S/C25H24F2O10P2S2/c1-34-16-8-18-12(6-20(40-18)14(28)10-38(30)31)22(26)24(16)36-4-3-5-37-25-17(35-2)9-19-13(23(25)27)7-21(41-19)15(29)11-39(32)33/h6-9,30-33H,3-5,10-11H2,1-2H3. The third-order valence-electron chi connectivity index (χ3n) is 5.71. The zero-order valence-electron chi connectivity index (χ0n) is 21.6. The highest BCUT2D eigenvalue weighted by Gasteiger charge is 2.23. The average molecular weight is 649 g/mol. The minimum Gasteiger partial charge on any atom is -0.493 e. The molecule has 0 aliphatic heterocycles. The zero-order chi connectivity index (χ0) is 29.8. The Morgan fingerprint density at radius 1 is 0.732 bits per heavy atom. The average Bonchev–Trinajstić information content (AvgIpc) is 3.55. The van der Waals surface area contributed by atoms with E-state index in [0.717, 1.165) is 22.7 Å². The van der Waals surface area contributed by atoms with Gasteiger partial charge in [-0.05, 0) is 12.1 Å². The normalized spacial score (nSPS) is 11.6. The fraction of sp³-hybridized carbons (Fsp3) is 0.280. The van der Waals surface area contributed by atoms with E-state index in [1.165, 1.54) is 38.5 Å². The van der Waals surface area contributed by atoms with Gasteiger partial charge in [0.05, 0.1) is 49.5 Å². The lowest BCUT2D eigenvalue weighted by molar-refractivity contribution is 0.101. The lowest BCUT2D eigenvalue weighted by Crippen LogP contribution is -2.08. The molecule has 0 amide bonds. The molecule has 16 heteroatoms. The zero-order valence-corrected chi connectivity index (χ0v) is 25.0. The summed E-state index contributed by atoms with van der Waals surface area (Å²) in [5.41, 5.74) is 0. The van der Waals surface area contributed by atoms with Crippen molar-refractivity contribution in [3.63, 3.8) is 0 Å². The van der Waals surface area contributed by atoms with Gasteiger partial charge in [-0.1, -0.05) is 0 Å². The number of hydrogen-bond donors (Lipinski definition) is 4. The van der Waals surface area contributed by atoms with Crippen molar-refractivity contribution in [1.82, 2.24) is 0 Å². The number of halogens is 2. The number of benzene rings is 2. The van der Waals surface area contributed by atoms with Crippen molar-refractivity contribution in [1.29, 1.82) is 0 Å². The van der Waals surface area contributed by atoms with Gasteiger partial charge >= 0.3 is 0 Å². The van der Waals surface area contributed by atoms with Crippen LogP contribution in [0.2, 0.25) is 0 Å². The van der Waals surface area contributed by atoms with Crippen molar-refractivity contribution >= 4 is 71.2 Å². The number of methoxy groups -OCH3 is 2. The van der Waals surface area contributed by atoms with Crippen LogP contribution < -0.4 is 18.9 Å². The molecule has 2 heterocycles. The number of carbonyl (C=O) groups is 2. The van der Waals surface area contributed by atoms with Crippen molar-refractivity contribution < 1.29 is 56.9 Å². The van der Waals surface area contributed by atoms with E-state index in [9.17, 15) is 9.59 Å². The minimum atomic E-state index is -2.42. The van der Waals surface area contributed by atoms with Gasteiger partial charge in [0.25, 0.3) is 0 Å². The van der Waals surface area contributed by atoms with Crippen molar-refractivity contribution in [2.45, 2.75) is 6.42 Å². The second kappa shape index (κ2) is 13.6. The minimum absolute atomic E-state index is 0.0391. The number of hydrogen-bond acceptors (Lipinski definition) is 12. The predicted octanol–water partition coefficient (Wildman–Crippen LogP) is 5.22. The first-order valence-electron chi connectivity index (χ1n) is 11.8. The lowest BCUT2D eigenvalue weighted by atomic mass is 10.2. The van der Waals surface area contributed by atoms with Crippen LogP contribution in [-0.2, 0) is 0 Å². The Bertz CT molecular complexity index is 1470. The van der Waals surface area contributed by atoms with Crippen LogP contribution in [0.3, 0.4) is 0 Å². The monoisotopic (exact) mass is 648 g/mol. The second-order valence-corrected chi connectivity index (χ2v) is 12.7. The molecule has 4 aromatic rings. The van der Waals surface area contributed by atoms with Gasteiger partial charge in [-0.25, -0.2) is 8.78 Å². The third kappa shape index (κ3) is 7.10. The molecule has 41 heavy (non-hydrogen) atoms. The molecule has 0 saturated carbocycles. The number of ketones is 2. The maximum absolute atomic E-state index is 15.3. The molecule has 4 N–H and O–H groups in total. The summed E-state index contributed by atoms with van der Waals surface area (Å²) in [4.78, 5) is 61.2. The van der Waals surface area contributed by atoms with Crippen molar-refractivity contribution in [2.75, 3.05) is 39.8 Å². The molecule has 4 rings (SSSR count). The molecule has 220 valence electrons. The Labute approximate surface area is 242 Å². The van der Waals surface area contributed by atoms with E-state index >= 15 is 8.78 Å². The van der Waals surface area contributed by atoms with E-state index in [0.29, 0.717) is 9.40 Å². The Hall–Kier alpha value is -2.54. The number of fused-ring (bicyclic) bond motifs is 2. The molecule has 0 atom stereocenters. The first kappa shape index (κ1) is 31.4. The van der Waals surface area contributed by atoms with Gasteiger partial charge < -0.3 is 38.5 Å². The van der Waals surface area contributed by atoms with Crippen molar-refractivity contribution in [2.24, 2.45) is 0 Å². The summed E-state index contributed by atoms with van der Waals surface area (Å²) in [6.45, 7) is -0.0782. The molecular weight excluding hydrogens is 624 g/mol. The molecule has 0 radical (unpaired) electrons. The van der Waals surface area contributed by atoms with Gasteiger partial charge in [-0.3, -0.25) is 9.59 Å². The SMILES string of the molecule is COc1cc2sc(C(=O)CP(O)O)cc2c(F)c1OCCCOc1c(OC)cc2sc(C(=O)CP(O)O)cc2c1F. The van der Waals surface area contributed by atoms with E-state index in [1.54, 1.807) is 0 Å². The molecule has 0 aliphatic carbocycles. The number of ether oxygens (including phenoxy) is 4. The van der Waals surface area contributed by atoms with E-state index in [2.05, 4.69) is 0 Å². The summed E-state index contributed by atoms with van der Waals surface area (Å²) in [6.07, 6.45) is -0.708. The number of rotatable bonds is 14. The van der Waals surface area contributed by atoms with E-state index in [4.69, 9.17) is 38.5 Å². The van der Waals surface area contributed by atoms with Crippen LogP contribution in [0.1, 0.15) is 25.8 Å². The Morgan fingerprint density at radius 3 is 1.46 bits per heavy atom. The van der Waals surface area contributed by atoms with Crippen molar-refractivity contribution in [3.8, 4) is 23.0 Å². The van der Waals surface area contributed by atoms with Crippen LogP contribution in [0.5, 0.6) is 23.0 Å². The first-order chi connectivity index (χ1) is 19.5. The lowest BCUT2D eigenvalue weighted by Gasteiger charge is -2.14. The summed E-state index contributed by atoms with van der Waals surface area (Å²) in [5, 5.41) is 0.239. The van der Waals surface area contributed by atoms with Gasteiger partial charge in [0.15, 0.2) is 62.9 Å². The molecule has 0 unspecified atom stereocenters. The predicted molar refractivity (Wildman–Crippen MR) is 153 cm³/mol. The van der Waals surface area contributed by atoms with Gasteiger partial charge in [0.2, 0.25) is 0 Å². The second-order valence-electron chi connectivity index (χ2n) is 8.45. The molecule has 0 aliphatic rings. The summed E-state index contributed by atoms with van der Waals surface area (Å²) in [7, 11) is -2.17. The fourth-order valence-electron chi connectivity index (χ4n) is 3.87. The summed E-state index contributed by atoms with van der Waals surface area (Å²) < 4.78 is 53.2. The number of thiophene rings is 2. The molecule has 2 aromatic carbocycles. The number of carbonyl (C=O) groups excluding carboxylic acids is 2. The molecule has 10 nitrogen and oxygen atoms in total. The molecule has 0 saturated heterocycles. The Balaban J connectivity index is 1.45. The highest BCUT2D eigenvalue weighted by atomic mass is 32.1. The van der Waals surface area contributed by atoms with E-state index in [-0.39, 0.29) is 63.2 Å². The quantitative estimate of drug-likeness (QED) is 0.0814. The largest absolute Gasteiger partial charge is 0.493 e. The molecule has 0 spiro atoms. The Morgan fingerprint density at radius 2 is 1.12 bits per heavy atom. The molecule has 0 bridgehead atoms. The van der Waals surface area contributed by atoms with Crippen LogP contribution in [0.4, 0.5) is 8.78 Å². The molecular formula is C25H24F2O10P2S2. The van der Waals surface area contributed by atoms with Gasteiger partial charge in [-0.15, -0.1) is 22.7 Å². The fourth-order valence-corrected chi connectivity index (χ4v) is 6.98. The van der Waals surface area contributed by atoms with Gasteiger partial charge in [0, 0.05) is 38.7 Å². The third-order valence-corrected chi connectivity index (χ3v) is 9.09. The molecule has 2 aromatic heterocycles. The molecule has 0 fully saturated rings. The van der Waals surface area contributed by atoms with Gasteiger partial charge in [-0.2, -0.15) is 0 Å². The van der Waals surface area contributed by atoms with Crippen LogP contribution in [0.15, 0.2) is 24.3 Å². The summed E-state index contributed by atoms with van der Waals surface area (Å²) in [6, 6.07) is 5.69. The summed E-state index contributed by atoms with van der Waals surface area (Å²) >= 11 is 1.99. The van der Waals surface area contributed by atoms with Crippen molar-refractivity contribution in [3.05, 3.63) is 45.7 Å². The maximum Gasteiger partial charge on any atom is 0.197 e. The van der Waals surface area contributed by atoms with Gasteiger partial charge in [0.1, 0.15) is 0 Å². The highest BCUT2D eigenvalue weighted by Crippen LogP contribution is 2.42.